The summed E-state index contributed by atoms with van der Waals surface area (Å²) in [5.41, 5.74) is 2.15. The van der Waals surface area contributed by atoms with Gasteiger partial charge in [0.2, 0.25) is 10.0 Å². The SMILES string of the molecule is CNCC1Cc2cc(F)c(CCNS(=O)(=O)C3CCC3)cc2C1Cc1cccc(C(F)(F)F)c1. The van der Waals surface area contributed by atoms with Gasteiger partial charge in [0.1, 0.15) is 5.82 Å². The van der Waals surface area contributed by atoms with Gasteiger partial charge in [-0.25, -0.2) is 17.5 Å². The molecule has 0 aromatic heterocycles. The van der Waals surface area contributed by atoms with Crippen molar-refractivity contribution in [3.8, 4) is 0 Å². The van der Waals surface area contributed by atoms with Crippen molar-refractivity contribution in [2.75, 3.05) is 20.1 Å². The molecule has 186 valence electrons. The summed E-state index contributed by atoms with van der Waals surface area (Å²) in [5, 5.41) is 2.80. The first-order chi connectivity index (χ1) is 16.1. The zero-order valence-electron chi connectivity index (χ0n) is 19.1. The minimum atomic E-state index is -4.41. The van der Waals surface area contributed by atoms with Crippen molar-refractivity contribution < 1.29 is 26.0 Å². The minimum Gasteiger partial charge on any atom is -0.319 e. The van der Waals surface area contributed by atoms with E-state index in [0.717, 1.165) is 23.6 Å². The second-order valence-electron chi connectivity index (χ2n) is 9.42. The lowest BCUT2D eigenvalue weighted by Crippen LogP contribution is -2.39. The van der Waals surface area contributed by atoms with Crippen molar-refractivity contribution in [2.24, 2.45) is 5.92 Å². The van der Waals surface area contributed by atoms with Gasteiger partial charge in [-0.15, -0.1) is 0 Å². The molecule has 0 amide bonds. The van der Waals surface area contributed by atoms with Gasteiger partial charge >= 0.3 is 6.18 Å². The Balaban J connectivity index is 1.54. The van der Waals surface area contributed by atoms with E-state index in [2.05, 4.69) is 10.0 Å². The second-order valence-corrected chi connectivity index (χ2v) is 11.5. The highest BCUT2D eigenvalue weighted by Crippen LogP contribution is 2.42. The number of halogens is 4. The van der Waals surface area contributed by atoms with Crippen LogP contribution in [0, 0.1) is 11.7 Å². The van der Waals surface area contributed by atoms with Crippen LogP contribution in [0.15, 0.2) is 36.4 Å². The van der Waals surface area contributed by atoms with E-state index in [1.807, 2.05) is 7.05 Å². The van der Waals surface area contributed by atoms with Gasteiger partial charge < -0.3 is 5.32 Å². The second kappa shape index (κ2) is 9.95. The third-order valence-corrected chi connectivity index (χ3v) is 9.08. The van der Waals surface area contributed by atoms with Crippen LogP contribution in [0.25, 0.3) is 0 Å². The first kappa shape index (κ1) is 25.1. The minimum absolute atomic E-state index is 0.0584. The number of rotatable bonds is 9. The maximum atomic E-state index is 14.8. The summed E-state index contributed by atoms with van der Waals surface area (Å²) in [4.78, 5) is 0. The molecular weight excluding hydrogens is 468 g/mol. The summed E-state index contributed by atoms with van der Waals surface area (Å²) in [6, 6.07) is 8.67. The zero-order valence-corrected chi connectivity index (χ0v) is 19.9. The van der Waals surface area contributed by atoms with E-state index < -0.39 is 21.8 Å². The van der Waals surface area contributed by atoms with Crippen LogP contribution in [0.5, 0.6) is 0 Å². The maximum Gasteiger partial charge on any atom is 0.416 e. The Kier molecular flexibility index (Phi) is 7.36. The van der Waals surface area contributed by atoms with E-state index in [-0.39, 0.29) is 35.9 Å². The third kappa shape index (κ3) is 5.47. The molecule has 0 saturated heterocycles. The number of alkyl halides is 3. The van der Waals surface area contributed by atoms with Gasteiger partial charge in [-0.3, -0.25) is 0 Å². The summed E-state index contributed by atoms with van der Waals surface area (Å²) in [6.07, 6.45) is -0.894. The van der Waals surface area contributed by atoms with Crippen LogP contribution in [0.4, 0.5) is 17.6 Å². The van der Waals surface area contributed by atoms with Crippen LogP contribution in [-0.2, 0) is 35.5 Å². The Morgan fingerprint density at radius 2 is 1.88 bits per heavy atom. The van der Waals surface area contributed by atoms with E-state index >= 15 is 0 Å². The molecule has 1 fully saturated rings. The number of hydrogen-bond donors (Lipinski definition) is 2. The highest BCUT2D eigenvalue weighted by molar-refractivity contribution is 7.90. The smallest absolute Gasteiger partial charge is 0.319 e. The average Bonchev–Trinajstić information content (AvgIpc) is 3.02. The quantitative estimate of drug-likeness (QED) is 0.498. The highest BCUT2D eigenvalue weighted by atomic mass is 32.2. The van der Waals surface area contributed by atoms with E-state index in [9.17, 15) is 26.0 Å². The number of benzene rings is 2. The summed E-state index contributed by atoms with van der Waals surface area (Å²) >= 11 is 0. The Hall–Kier alpha value is -1.97. The summed E-state index contributed by atoms with van der Waals surface area (Å²) in [5.74, 6) is -0.303. The first-order valence-electron chi connectivity index (χ1n) is 11.7. The number of hydrogen-bond acceptors (Lipinski definition) is 3. The fourth-order valence-electron chi connectivity index (χ4n) is 5.08. The standard InChI is InChI=1S/C25H30F4N2O2S/c1-30-15-19-12-18-14-24(26)17(8-9-31-34(32,33)21-6-3-7-21)13-23(18)22(19)11-16-4-2-5-20(10-16)25(27,28)29/h2,4-5,10,13-14,19,21-22,30-31H,3,6-9,11-12,15H2,1H3. The fourth-order valence-corrected chi connectivity index (χ4v) is 6.66. The lowest BCUT2D eigenvalue weighted by Gasteiger charge is -2.25. The van der Waals surface area contributed by atoms with Crippen LogP contribution < -0.4 is 10.0 Å². The summed E-state index contributed by atoms with van der Waals surface area (Å²) in [6.45, 7) is 0.781. The first-order valence-corrected chi connectivity index (χ1v) is 13.2. The summed E-state index contributed by atoms with van der Waals surface area (Å²) in [7, 11) is -1.55. The normalized spacial score (nSPS) is 20.9. The van der Waals surface area contributed by atoms with Crippen molar-refractivity contribution in [3.63, 3.8) is 0 Å². The van der Waals surface area contributed by atoms with Crippen molar-refractivity contribution in [1.82, 2.24) is 10.0 Å². The molecule has 34 heavy (non-hydrogen) atoms. The van der Waals surface area contributed by atoms with Gasteiger partial charge in [0.15, 0.2) is 0 Å². The van der Waals surface area contributed by atoms with E-state index in [0.29, 0.717) is 43.4 Å². The molecule has 2 N–H and O–H groups in total. The lowest BCUT2D eigenvalue weighted by molar-refractivity contribution is -0.137. The lowest BCUT2D eigenvalue weighted by atomic mass is 9.85. The Labute approximate surface area is 198 Å². The molecule has 2 aliphatic rings. The molecule has 0 spiro atoms. The molecule has 2 aromatic carbocycles. The van der Waals surface area contributed by atoms with E-state index in [1.165, 1.54) is 18.2 Å². The topological polar surface area (TPSA) is 58.2 Å². The molecule has 4 nitrogen and oxygen atoms in total. The molecule has 2 aromatic rings. The van der Waals surface area contributed by atoms with E-state index in [4.69, 9.17) is 0 Å². The van der Waals surface area contributed by atoms with Crippen molar-refractivity contribution in [3.05, 3.63) is 70.0 Å². The maximum absolute atomic E-state index is 14.8. The van der Waals surface area contributed by atoms with E-state index in [1.54, 1.807) is 12.1 Å². The molecule has 2 atom stereocenters. The molecule has 0 heterocycles. The van der Waals surface area contributed by atoms with Crippen LogP contribution >= 0.6 is 0 Å². The largest absolute Gasteiger partial charge is 0.416 e. The number of nitrogens with one attached hydrogen (secondary N) is 2. The molecule has 2 aliphatic carbocycles. The Morgan fingerprint density at radius 1 is 1.12 bits per heavy atom. The molecule has 1 saturated carbocycles. The van der Waals surface area contributed by atoms with Gasteiger partial charge in [-0.1, -0.05) is 30.7 Å². The Morgan fingerprint density at radius 3 is 2.53 bits per heavy atom. The van der Waals surface area contributed by atoms with Crippen molar-refractivity contribution in [2.45, 2.75) is 55.9 Å². The monoisotopic (exact) mass is 498 g/mol. The van der Waals surface area contributed by atoms with Gasteiger partial charge in [-0.2, -0.15) is 13.2 Å². The van der Waals surface area contributed by atoms with Gasteiger partial charge in [0.05, 0.1) is 10.8 Å². The molecule has 0 bridgehead atoms. The van der Waals surface area contributed by atoms with Crippen LogP contribution in [0.3, 0.4) is 0 Å². The fraction of sp³-hybridized carbons (Fsp3) is 0.520. The molecule has 2 unspecified atom stereocenters. The molecular formula is C25H30F4N2O2S. The van der Waals surface area contributed by atoms with Crippen LogP contribution in [-0.4, -0.2) is 33.8 Å². The summed E-state index contributed by atoms with van der Waals surface area (Å²) < 4.78 is 81.5. The third-order valence-electron chi connectivity index (χ3n) is 7.12. The van der Waals surface area contributed by atoms with Gasteiger partial charge in [0.25, 0.3) is 0 Å². The van der Waals surface area contributed by atoms with Crippen molar-refractivity contribution >= 4 is 10.0 Å². The van der Waals surface area contributed by atoms with Gasteiger partial charge in [0, 0.05) is 6.54 Å². The molecule has 9 heteroatoms. The Bertz CT molecular complexity index is 1130. The number of fused-ring (bicyclic) bond motifs is 1. The van der Waals surface area contributed by atoms with Crippen LogP contribution in [0.2, 0.25) is 0 Å². The van der Waals surface area contributed by atoms with Crippen LogP contribution in [0.1, 0.15) is 53.0 Å². The highest BCUT2D eigenvalue weighted by Gasteiger charge is 2.35. The average molecular weight is 499 g/mol. The molecule has 0 aliphatic heterocycles. The van der Waals surface area contributed by atoms with Gasteiger partial charge in [-0.05, 0) is 91.9 Å². The molecule has 4 rings (SSSR count). The van der Waals surface area contributed by atoms with Crippen molar-refractivity contribution in [1.29, 1.82) is 0 Å². The molecule has 0 radical (unpaired) electrons. The predicted octanol–water partition coefficient (Wildman–Crippen LogP) is 4.58. The predicted molar refractivity (Wildman–Crippen MR) is 124 cm³/mol. The zero-order chi connectivity index (χ0) is 24.5. The number of sulfonamides is 1.